The number of rotatable bonds is 7. The highest BCUT2D eigenvalue weighted by Crippen LogP contribution is 2.18. The summed E-state index contributed by atoms with van der Waals surface area (Å²) in [6.45, 7) is 6.70. The number of ether oxygens (including phenoxy) is 2. The van der Waals surface area contributed by atoms with E-state index < -0.39 is 6.10 Å². The summed E-state index contributed by atoms with van der Waals surface area (Å²) in [5.41, 5.74) is 1.06. The number of hydrogen-bond donors (Lipinski definition) is 1. The Labute approximate surface area is 110 Å². The van der Waals surface area contributed by atoms with E-state index in [-0.39, 0.29) is 6.10 Å². The summed E-state index contributed by atoms with van der Waals surface area (Å²) in [4.78, 5) is 0. The summed E-state index contributed by atoms with van der Waals surface area (Å²) in [5.74, 6) is 1.11. The third-order valence-electron chi connectivity index (χ3n) is 2.97. The van der Waals surface area contributed by atoms with E-state index in [2.05, 4.69) is 13.8 Å². The second kappa shape index (κ2) is 7.39. The van der Waals surface area contributed by atoms with Gasteiger partial charge >= 0.3 is 0 Å². The second-order valence-electron chi connectivity index (χ2n) is 4.79. The molecule has 3 heteroatoms. The van der Waals surface area contributed by atoms with Crippen LogP contribution in [0.1, 0.15) is 26.3 Å². The van der Waals surface area contributed by atoms with Gasteiger partial charge in [-0.2, -0.15) is 0 Å². The van der Waals surface area contributed by atoms with Crippen LogP contribution in [-0.4, -0.2) is 31.0 Å². The van der Waals surface area contributed by atoms with Crippen molar-refractivity contribution in [1.82, 2.24) is 0 Å². The fourth-order valence-electron chi connectivity index (χ4n) is 2.10. The molecule has 0 fully saturated rings. The molecule has 18 heavy (non-hydrogen) atoms. The monoisotopic (exact) mass is 252 g/mol. The Kier molecular flexibility index (Phi) is 6.16. The molecular weight excluding hydrogens is 228 g/mol. The number of aliphatic hydroxyl groups excluding tert-OH is 1. The topological polar surface area (TPSA) is 38.7 Å². The van der Waals surface area contributed by atoms with E-state index in [1.54, 1.807) is 7.11 Å². The van der Waals surface area contributed by atoms with Gasteiger partial charge in [0.1, 0.15) is 5.75 Å². The van der Waals surface area contributed by atoms with Crippen molar-refractivity contribution in [3.63, 3.8) is 0 Å². The minimum atomic E-state index is -0.489. The molecule has 3 nitrogen and oxygen atoms in total. The van der Waals surface area contributed by atoms with Crippen LogP contribution in [-0.2, 0) is 11.2 Å². The minimum Gasteiger partial charge on any atom is -0.497 e. The molecule has 0 amide bonds. The van der Waals surface area contributed by atoms with Crippen molar-refractivity contribution in [3.05, 3.63) is 29.8 Å². The van der Waals surface area contributed by atoms with Crippen LogP contribution < -0.4 is 4.74 Å². The molecule has 0 saturated carbocycles. The van der Waals surface area contributed by atoms with E-state index in [0.717, 1.165) is 11.3 Å². The zero-order valence-corrected chi connectivity index (χ0v) is 11.7. The quantitative estimate of drug-likeness (QED) is 0.811. The Morgan fingerprint density at radius 2 is 2.00 bits per heavy atom. The molecule has 0 aliphatic rings. The zero-order valence-electron chi connectivity index (χ0n) is 11.7. The van der Waals surface area contributed by atoms with Crippen LogP contribution in [0.4, 0.5) is 0 Å². The maximum absolute atomic E-state index is 10.3. The Hall–Kier alpha value is -1.06. The van der Waals surface area contributed by atoms with Gasteiger partial charge in [-0.15, -0.1) is 0 Å². The van der Waals surface area contributed by atoms with Gasteiger partial charge in [0.25, 0.3) is 0 Å². The van der Waals surface area contributed by atoms with Gasteiger partial charge in [-0.25, -0.2) is 0 Å². The Morgan fingerprint density at radius 1 is 1.28 bits per heavy atom. The van der Waals surface area contributed by atoms with Crippen molar-refractivity contribution in [2.75, 3.05) is 13.7 Å². The molecule has 1 rings (SSSR count). The highest BCUT2D eigenvalue weighted by Gasteiger charge is 2.23. The van der Waals surface area contributed by atoms with E-state index in [0.29, 0.717) is 18.9 Å². The molecule has 0 spiro atoms. The molecule has 1 aromatic rings. The lowest BCUT2D eigenvalue weighted by Gasteiger charge is -2.26. The number of benzene rings is 1. The fraction of sp³-hybridized carbons (Fsp3) is 0.600. The number of methoxy groups -OCH3 is 1. The summed E-state index contributed by atoms with van der Waals surface area (Å²) in [5, 5.41) is 10.3. The van der Waals surface area contributed by atoms with Crippen LogP contribution in [0.2, 0.25) is 0 Å². The van der Waals surface area contributed by atoms with Crippen molar-refractivity contribution in [2.24, 2.45) is 5.92 Å². The first-order valence-corrected chi connectivity index (χ1v) is 6.51. The highest BCUT2D eigenvalue weighted by molar-refractivity contribution is 5.28. The predicted molar refractivity (Wildman–Crippen MR) is 73.0 cm³/mol. The molecule has 0 bridgehead atoms. The molecule has 2 atom stereocenters. The summed E-state index contributed by atoms with van der Waals surface area (Å²) in [6, 6.07) is 7.78. The molecule has 0 heterocycles. The van der Waals surface area contributed by atoms with Crippen molar-refractivity contribution in [1.29, 1.82) is 0 Å². The Morgan fingerprint density at radius 3 is 2.56 bits per heavy atom. The van der Waals surface area contributed by atoms with Gasteiger partial charge < -0.3 is 14.6 Å². The lowest BCUT2D eigenvalue weighted by atomic mass is 9.96. The number of hydrogen-bond acceptors (Lipinski definition) is 3. The largest absolute Gasteiger partial charge is 0.497 e. The first-order chi connectivity index (χ1) is 8.58. The van der Waals surface area contributed by atoms with Crippen LogP contribution in [0.25, 0.3) is 0 Å². The molecule has 102 valence electrons. The third kappa shape index (κ3) is 4.31. The summed E-state index contributed by atoms with van der Waals surface area (Å²) in [6.07, 6.45) is -0.0293. The molecule has 2 unspecified atom stereocenters. The normalized spacial score (nSPS) is 14.6. The van der Waals surface area contributed by atoms with E-state index in [1.807, 2.05) is 31.2 Å². The molecule has 0 saturated heterocycles. The van der Waals surface area contributed by atoms with Gasteiger partial charge in [-0.1, -0.05) is 26.0 Å². The SMILES string of the molecule is CCOC(C(C)C)C(O)Cc1cccc(OC)c1. The summed E-state index contributed by atoms with van der Waals surface area (Å²) < 4.78 is 10.8. The summed E-state index contributed by atoms with van der Waals surface area (Å²) in [7, 11) is 1.65. The predicted octanol–water partition coefficient (Wildman–Crippen LogP) is 2.66. The lowest BCUT2D eigenvalue weighted by Crippen LogP contribution is -2.35. The molecule has 0 aliphatic carbocycles. The van der Waals surface area contributed by atoms with Crippen molar-refractivity contribution < 1.29 is 14.6 Å². The van der Waals surface area contributed by atoms with E-state index >= 15 is 0 Å². The molecule has 0 radical (unpaired) electrons. The maximum atomic E-state index is 10.3. The lowest BCUT2D eigenvalue weighted by molar-refractivity contribution is -0.0562. The first kappa shape index (κ1) is 15.0. The number of aliphatic hydroxyl groups is 1. The van der Waals surface area contributed by atoms with Gasteiger partial charge in [-0.3, -0.25) is 0 Å². The highest BCUT2D eigenvalue weighted by atomic mass is 16.5. The van der Waals surface area contributed by atoms with Crippen LogP contribution >= 0.6 is 0 Å². The molecule has 1 aromatic carbocycles. The maximum Gasteiger partial charge on any atom is 0.119 e. The summed E-state index contributed by atoms with van der Waals surface area (Å²) >= 11 is 0. The third-order valence-corrected chi connectivity index (χ3v) is 2.97. The van der Waals surface area contributed by atoms with Gasteiger partial charge in [0.2, 0.25) is 0 Å². The first-order valence-electron chi connectivity index (χ1n) is 6.51. The van der Waals surface area contributed by atoms with Crippen molar-refractivity contribution >= 4 is 0 Å². The van der Waals surface area contributed by atoms with Crippen molar-refractivity contribution in [2.45, 2.75) is 39.4 Å². The molecule has 0 aliphatic heterocycles. The molecule has 1 N–H and O–H groups in total. The average molecular weight is 252 g/mol. The minimum absolute atomic E-state index is 0.124. The standard InChI is InChI=1S/C15H24O3/c1-5-18-15(11(2)3)14(16)10-12-7-6-8-13(9-12)17-4/h6-9,11,14-16H,5,10H2,1-4H3. The van der Waals surface area contributed by atoms with Crippen molar-refractivity contribution in [3.8, 4) is 5.75 Å². The van der Waals surface area contributed by atoms with Gasteiger partial charge in [-0.05, 0) is 30.5 Å². The van der Waals surface area contributed by atoms with E-state index in [1.165, 1.54) is 0 Å². The van der Waals surface area contributed by atoms with Gasteiger partial charge in [0, 0.05) is 13.0 Å². The Bertz CT molecular complexity index is 349. The van der Waals surface area contributed by atoms with Gasteiger partial charge in [0.15, 0.2) is 0 Å². The average Bonchev–Trinajstić information content (AvgIpc) is 2.35. The van der Waals surface area contributed by atoms with Gasteiger partial charge in [0.05, 0.1) is 19.3 Å². The van der Waals surface area contributed by atoms with E-state index in [4.69, 9.17) is 9.47 Å². The second-order valence-corrected chi connectivity index (χ2v) is 4.79. The fourth-order valence-corrected chi connectivity index (χ4v) is 2.10. The molecular formula is C15H24O3. The van der Waals surface area contributed by atoms with E-state index in [9.17, 15) is 5.11 Å². The van der Waals surface area contributed by atoms with Crippen LogP contribution in [0.15, 0.2) is 24.3 Å². The Balaban J connectivity index is 2.69. The van der Waals surface area contributed by atoms with Crippen LogP contribution in [0.3, 0.4) is 0 Å². The smallest absolute Gasteiger partial charge is 0.119 e. The zero-order chi connectivity index (χ0) is 13.5. The molecule has 0 aromatic heterocycles. The van der Waals surface area contributed by atoms with Crippen LogP contribution in [0.5, 0.6) is 5.75 Å². The van der Waals surface area contributed by atoms with Crippen LogP contribution in [0, 0.1) is 5.92 Å².